The Morgan fingerprint density at radius 1 is 1.17 bits per heavy atom. The average Bonchev–Trinajstić information content (AvgIpc) is 2.84. The first kappa shape index (κ1) is 18.3. The quantitative estimate of drug-likeness (QED) is 0.352. The first-order chi connectivity index (χ1) is 11.0. The van der Waals surface area contributed by atoms with Crippen LogP contribution >= 0.6 is 24.0 Å². The lowest BCUT2D eigenvalue weighted by atomic mass is 10.1. The van der Waals surface area contributed by atoms with Crippen LogP contribution in [0.4, 0.5) is 10.1 Å². The smallest absolute Gasteiger partial charge is 0.193 e. The molecule has 0 radical (unpaired) electrons. The van der Waals surface area contributed by atoms with Crippen molar-refractivity contribution in [2.75, 3.05) is 5.32 Å². The second-order valence-electron chi connectivity index (χ2n) is 5.48. The third kappa shape index (κ3) is 4.05. The van der Waals surface area contributed by atoms with E-state index in [2.05, 4.69) is 10.3 Å². The Hall–Kier alpha value is -2.09. The number of halogens is 2. The molecular formula is C18H19FIN3O. The van der Waals surface area contributed by atoms with Gasteiger partial charge in [0.25, 0.3) is 0 Å². The maximum Gasteiger partial charge on any atom is 0.193 e. The van der Waals surface area contributed by atoms with Gasteiger partial charge in [-0.15, -0.1) is 24.0 Å². The predicted octanol–water partition coefficient (Wildman–Crippen LogP) is 4.73. The molecule has 1 heterocycles. The minimum Gasteiger partial charge on any atom is -0.459 e. The van der Waals surface area contributed by atoms with E-state index < -0.39 is 0 Å². The van der Waals surface area contributed by atoms with Crippen LogP contribution in [0.5, 0.6) is 0 Å². The monoisotopic (exact) mass is 439 g/mol. The van der Waals surface area contributed by atoms with E-state index in [0.717, 1.165) is 16.6 Å². The number of fused-ring (bicyclic) bond motifs is 1. The number of guanidine groups is 1. The molecule has 1 aromatic heterocycles. The van der Waals surface area contributed by atoms with Gasteiger partial charge in [0.2, 0.25) is 0 Å². The van der Waals surface area contributed by atoms with Crippen molar-refractivity contribution in [1.29, 1.82) is 0 Å². The molecular weight excluding hydrogens is 420 g/mol. The van der Waals surface area contributed by atoms with Gasteiger partial charge >= 0.3 is 0 Å². The molecule has 6 heteroatoms. The number of rotatable bonds is 3. The first-order valence-corrected chi connectivity index (χ1v) is 7.34. The molecule has 0 amide bonds. The molecule has 0 unspecified atom stereocenters. The minimum atomic E-state index is -0.281. The molecule has 0 spiro atoms. The van der Waals surface area contributed by atoms with E-state index >= 15 is 0 Å². The standard InChI is InChI=1S/C18H18FN3O.HI/c1-11-3-6-14(7-4-11)22-18(20)21-10-17-12(2)15-9-13(19)5-8-16(15)23-17;/h3-9H,10H2,1-2H3,(H3,20,21,22);1H. The summed E-state index contributed by atoms with van der Waals surface area (Å²) in [7, 11) is 0. The van der Waals surface area contributed by atoms with Crippen molar-refractivity contribution in [3.8, 4) is 0 Å². The Labute approximate surface area is 157 Å². The molecule has 0 atom stereocenters. The van der Waals surface area contributed by atoms with E-state index in [4.69, 9.17) is 10.2 Å². The molecule has 0 aliphatic heterocycles. The number of nitrogens with zero attached hydrogens (tertiary/aromatic N) is 1. The van der Waals surface area contributed by atoms with Crippen molar-refractivity contribution in [2.45, 2.75) is 20.4 Å². The van der Waals surface area contributed by atoms with Gasteiger partial charge in [-0.25, -0.2) is 9.38 Å². The Kier molecular flexibility index (Phi) is 5.82. The number of furan rings is 1. The third-order valence-corrected chi connectivity index (χ3v) is 3.71. The average molecular weight is 439 g/mol. The van der Waals surface area contributed by atoms with Crippen molar-refractivity contribution in [3.05, 3.63) is 65.2 Å². The molecule has 126 valence electrons. The molecule has 0 fully saturated rings. The van der Waals surface area contributed by atoms with Crippen LogP contribution in [-0.4, -0.2) is 5.96 Å². The molecule has 4 nitrogen and oxygen atoms in total. The lowest BCUT2D eigenvalue weighted by Crippen LogP contribution is -2.22. The van der Waals surface area contributed by atoms with Crippen molar-refractivity contribution in [2.24, 2.45) is 10.7 Å². The van der Waals surface area contributed by atoms with Gasteiger partial charge < -0.3 is 15.5 Å². The highest BCUT2D eigenvalue weighted by molar-refractivity contribution is 14.0. The number of benzene rings is 2. The van der Waals surface area contributed by atoms with Gasteiger partial charge in [-0.3, -0.25) is 0 Å². The van der Waals surface area contributed by atoms with Gasteiger partial charge in [0.05, 0.1) is 0 Å². The van der Waals surface area contributed by atoms with Crippen LogP contribution in [0.2, 0.25) is 0 Å². The largest absolute Gasteiger partial charge is 0.459 e. The number of aryl methyl sites for hydroxylation is 2. The number of nitrogens with two attached hydrogens (primary N) is 1. The highest BCUT2D eigenvalue weighted by Crippen LogP contribution is 2.26. The normalized spacial score (nSPS) is 11.4. The summed E-state index contributed by atoms with van der Waals surface area (Å²) in [6.45, 7) is 4.21. The minimum absolute atomic E-state index is 0. The number of anilines is 1. The summed E-state index contributed by atoms with van der Waals surface area (Å²) in [6.07, 6.45) is 0. The van der Waals surface area contributed by atoms with E-state index in [0.29, 0.717) is 23.8 Å². The molecule has 0 bridgehead atoms. The number of nitrogens with one attached hydrogen (secondary N) is 1. The van der Waals surface area contributed by atoms with E-state index in [1.54, 1.807) is 6.07 Å². The van der Waals surface area contributed by atoms with Crippen LogP contribution in [0.3, 0.4) is 0 Å². The molecule has 0 aliphatic rings. The van der Waals surface area contributed by atoms with Crippen LogP contribution < -0.4 is 11.1 Å². The van der Waals surface area contributed by atoms with Gasteiger partial charge in [-0.1, -0.05) is 17.7 Å². The second-order valence-corrected chi connectivity index (χ2v) is 5.48. The van der Waals surface area contributed by atoms with Crippen LogP contribution in [0.25, 0.3) is 11.0 Å². The first-order valence-electron chi connectivity index (χ1n) is 7.34. The molecule has 2 aromatic carbocycles. The number of aliphatic imine (C=N–C) groups is 1. The Morgan fingerprint density at radius 3 is 2.58 bits per heavy atom. The number of hydrogen-bond donors (Lipinski definition) is 2. The summed E-state index contributed by atoms with van der Waals surface area (Å²) >= 11 is 0. The topological polar surface area (TPSA) is 63.5 Å². The van der Waals surface area contributed by atoms with E-state index in [1.807, 2.05) is 38.1 Å². The van der Waals surface area contributed by atoms with E-state index in [1.165, 1.54) is 17.7 Å². The lowest BCUT2D eigenvalue weighted by Gasteiger charge is -2.05. The SMILES string of the molecule is Cc1ccc(NC(N)=NCc2oc3ccc(F)cc3c2C)cc1.I. The van der Waals surface area contributed by atoms with Gasteiger partial charge in [-0.2, -0.15) is 0 Å². The fourth-order valence-corrected chi connectivity index (χ4v) is 2.38. The molecule has 0 saturated heterocycles. The van der Waals surface area contributed by atoms with Gasteiger partial charge in [0.15, 0.2) is 5.96 Å². The third-order valence-electron chi connectivity index (χ3n) is 3.71. The van der Waals surface area contributed by atoms with E-state index in [9.17, 15) is 4.39 Å². The van der Waals surface area contributed by atoms with Gasteiger partial charge in [0, 0.05) is 16.6 Å². The van der Waals surface area contributed by atoms with Crippen LogP contribution in [-0.2, 0) is 6.54 Å². The van der Waals surface area contributed by atoms with Crippen molar-refractivity contribution in [1.82, 2.24) is 0 Å². The fourth-order valence-electron chi connectivity index (χ4n) is 2.38. The summed E-state index contributed by atoms with van der Waals surface area (Å²) in [6, 6.07) is 12.3. The second kappa shape index (κ2) is 7.65. The summed E-state index contributed by atoms with van der Waals surface area (Å²) in [5.74, 6) is 0.705. The molecule has 3 aromatic rings. The number of hydrogen-bond acceptors (Lipinski definition) is 2. The van der Waals surface area contributed by atoms with Crippen LogP contribution in [0.15, 0.2) is 51.9 Å². The van der Waals surface area contributed by atoms with E-state index in [-0.39, 0.29) is 29.8 Å². The van der Waals surface area contributed by atoms with Crippen molar-refractivity contribution >= 4 is 46.6 Å². The molecule has 3 rings (SSSR count). The van der Waals surface area contributed by atoms with Crippen molar-refractivity contribution in [3.63, 3.8) is 0 Å². The van der Waals surface area contributed by atoms with Crippen LogP contribution in [0, 0.1) is 19.7 Å². The molecule has 24 heavy (non-hydrogen) atoms. The zero-order chi connectivity index (χ0) is 16.4. The highest BCUT2D eigenvalue weighted by atomic mass is 127. The Morgan fingerprint density at radius 2 is 1.88 bits per heavy atom. The summed E-state index contributed by atoms with van der Waals surface area (Å²) in [5, 5.41) is 3.79. The van der Waals surface area contributed by atoms with Crippen molar-refractivity contribution < 1.29 is 8.81 Å². The molecule has 3 N–H and O–H groups in total. The fraction of sp³-hybridized carbons (Fsp3) is 0.167. The zero-order valence-electron chi connectivity index (χ0n) is 13.5. The molecule has 0 saturated carbocycles. The van der Waals surface area contributed by atoms with Crippen LogP contribution in [0.1, 0.15) is 16.9 Å². The van der Waals surface area contributed by atoms with Gasteiger partial charge in [0.1, 0.15) is 23.7 Å². The Bertz CT molecular complexity index is 872. The summed E-state index contributed by atoms with van der Waals surface area (Å²) < 4.78 is 19.0. The Balaban J connectivity index is 0.00000208. The summed E-state index contributed by atoms with van der Waals surface area (Å²) in [5.41, 5.74) is 9.48. The summed E-state index contributed by atoms with van der Waals surface area (Å²) in [4.78, 5) is 4.29. The zero-order valence-corrected chi connectivity index (χ0v) is 15.8. The predicted molar refractivity (Wildman–Crippen MR) is 106 cm³/mol. The highest BCUT2D eigenvalue weighted by Gasteiger charge is 2.10. The lowest BCUT2D eigenvalue weighted by molar-refractivity contribution is 0.548. The maximum atomic E-state index is 13.3. The maximum absolute atomic E-state index is 13.3. The molecule has 0 aliphatic carbocycles. The van der Waals surface area contributed by atoms with Gasteiger partial charge in [-0.05, 0) is 44.2 Å².